The third-order valence-electron chi connectivity index (χ3n) is 4.19. The van der Waals surface area contributed by atoms with Crippen LogP contribution in [0.3, 0.4) is 0 Å². The fraction of sp³-hybridized carbons (Fsp3) is 0.611. The molecule has 0 bridgehead atoms. The molecule has 1 aliphatic rings. The largest absolute Gasteiger partial charge is 0.396 e. The Balaban J connectivity index is 1.65. The molecule has 1 aromatic carbocycles. The number of aliphatic hydroxyl groups excluding tert-OH is 1. The van der Waals surface area contributed by atoms with Crippen molar-refractivity contribution >= 4 is 5.91 Å². The number of hydrogen-bond donors (Lipinski definition) is 2. The molecular formula is C18H27NO2. The highest BCUT2D eigenvalue weighted by Crippen LogP contribution is 2.22. The van der Waals surface area contributed by atoms with Crippen molar-refractivity contribution in [2.75, 3.05) is 13.2 Å². The fourth-order valence-corrected chi connectivity index (χ4v) is 2.95. The van der Waals surface area contributed by atoms with Crippen LogP contribution in [-0.2, 0) is 24.1 Å². The molecule has 0 aromatic heterocycles. The van der Waals surface area contributed by atoms with Crippen LogP contribution >= 0.6 is 0 Å². The van der Waals surface area contributed by atoms with Crippen LogP contribution in [0.5, 0.6) is 0 Å². The maximum atomic E-state index is 11.5. The molecule has 2 rings (SSSR count). The molecule has 3 nitrogen and oxygen atoms in total. The van der Waals surface area contributed by atoms with E-state index in [1.807, 2.05) is 0 Å². The molecular weight excluding hydrogens is 262 g/mol. The Hall–Kier alpha value is -1.35. The second-order valence-electron chi connectivity index (χ2n) is 5.94. The second kappa shape index (κ2) is 8.83. The minimum Gasteiger partial charge on any atom is -0.396 e. The molecule has 0 radical (unpaired) electrons. The monoisotopic (exact) mass is 289 g/mol. The van der Waals surface area contributed by atoms with Crippen molar-refractivity contribution < 1.29 is 9.90 Å². The van der Waals surface area contributed by atoms with Crippen LogP contribution in [0.4, 0.5) is 0 Å². The lowest BCUT2D eigenvalue weighted by molar-refractivity contribution is -0.121. The zero-order valence-corrected chi connectivity index (χ0v) is 12.9. The van der Waals surface area contributed by atoms with E-state index < -0.39 is 0 Å². The summed E-state index contributed by atoms with van der Waals surface area (Å²) in [4.78, 5) is 11.5. The van der Waals surface area contributed by atoms with Crippen LogP contribution in [0.25, 0.3) is 0 Å². The van der Waals surface area contributed by atoms with E-state index in [1.54, 1.807) is 5.56 Å². The van der Waals surface area contributed by atoms with E-state index in [0.29, 0.717) is 19.4 Å². The molecule has 1 aliphatic carbocycles. The number of benzene rings is 1. The van der Waals surface area contributed by atoms with Gasteiger partial charge in [-0.2, -0.15) is 0 Å². The van der Waals surface area contributed by atoms with E-state index in [2.05, 4.69) is 23.5 Å². The lowest BCUT2D eigenvalue weighted by atomic mass is 9.89. The lowest BCUT2D eigenvalue weighted by Gasteiger charge is -2.16. The smallest absolute Gasteiger partial charge is 0.219 e. The van der Waals surface area contributed by atoms with Crippen molar-refractivity contribution in [3.63, 3.8) is 0 Å². The van der Waals surface area contributed by atoms with Crippen molar-refractivity contribution in [1.29, 1.82) is 0 Å². The summed E-state index contributed by atoms with van der Waals surface area (Å²) < 4.78 is 0. The van der Waals surface area contributed by atoms with Crippen LogP contribution in [-0.4, -0.2) is 24.2 Å². The lowest BCUT2D eigenvalue weighted by Crippen LogP contribution is -2.24. The van der Waals surface area contributed by atoms with Gasteiger partial charge in [0, 0.05) is 19.6 Å². The first kappa shape index (κ1) is 16.0. The van der Waals surface area contributed by atoms with E-state index >= 15 is 0 Å². The number of carbonyl (C=O) groups excluding carboxylic acids is 1. The molecule has 0 spiro atoms. The summed E-state index contributed by atoms with van der Waals surface area (Å²) in [6, 6.07) is 6.92. The zero-order valence-electron chi connectivity index (χ0n) is 12.9. The fourth-order valence-electron chi connectivity index (χ4n) is 2.95. The van der Waals surface area contributed by atoms with Gasteiger partial charge in [-0.05, 0) is 68.1 Å². The molecule has 0 heterocycles. The average molecular weight is 289 g/mol. The van der Waals surface area contributed by atoms with E-state index in [4.69, 9.17) is 5.11 Å². The maximum Gasteiger partial charge on any atom is 0.219 e. The van der Waals surface area contributed by atoms with Gasteiger partial charge >= 0.3 is 0 Å². The predicted molar refractivity (Wildman–Crippen MR) is 85.4 cm³/mol. The Morgan fingerprint density at radius 2 is 1.90 bits per heavy atom. The van der Waals surface area contributed by atoms with Crippen molar-refractivity contribution in [2.45, 2.75) is 57.8 Å². The molecule has 116 valence electrons. The van der Waals surface area contributed by atoms with Crippen LogP contribution < -0.4 is 5.32 Å². The molecule has 0 unspecified atom stereocenters. The molecule has 3 heteroatoms. The van der Waals surface area contributed by atoms with Gasteiger partial charge in [-0.3, -0.25) is 4.79 Å². The molecule has 1 amide bonds. The maximum absolute atomic E-state index is 11.5. The summed E-state index contributed by atoms with van der Waals surface area (Å²) in [6.45, 7) is 0.721. The third kappa shape index (κ3) is 5.50. The molecule has 0 atom stereocenters. The number of amides is 1. The number of fused-ring (bicyclic) bond motifs is 1. The van der Waals surface area contributed by atoms with Gasteiger partial charge in [-0.25, -0.2) is 0 Å². The molecule has 0 aliphatic heterocycles. The van der Waals surface area contributed by atoms with Gasteiger partial charge in [0.15, 0.2) is 0 Å². The highest BCUT2D eigenvalue weighted by Gasteiger charge is 2.09. The minimum absolute atomic E-state index is 0.105. The first-order valence-electron chi connectivity index (χ1n) is 8.28. The van der Waals surface area contributed by atoms with E-state index in [-0.39, 0.29) is 12.5 Å². The highest BCUT2D eigenvalue weighted by molar-refractivity contribution is 5.75. The number of aliphatic hydroxyl groups is 1. The summed E-state index contributed by atoms with van der Waals surface area (Å²) in [5.74, 6) is 0.105. The summed E-state index contributed by atoms with van der Waals surface area (Å²) >= 11 is 0. The normalized spacial score (nSPS) is 13.8. The molecule has 21 heavy (non-hydrogen) atoms. The van der Waals surface area contributed by atoms with E-state index in [0.717, 1.165) is 19.3 Å². The predicted octanol–water partition coefficient (Wildman–Crippen LogP) is 2.78. The van der Waals surface area contributed by atoms with Gasteiger partial charge < -0.3 is 10.4 Å². The van der Waals surface area contributed by atoms with Gasteiger partial charge in [-0.1, -0.05) is 18.2 Å². The third-order valence-corrected chi connectivity index (χ3v) is 4.19. The number of carbonyl (C=O) groups is 1. The standard InChI is InChI=1S/C18H27NO2/c20-13-5-12-19-18(21)9-4-1-6-15-10-11-16-7-2-3-8-17(16)14-15/h10-11,14,20H,1-9,12-13H2,(H,19,21). The molecule has 2 N–H and O–H groups in total. The van der Waals surface area contributed by atoms with Gasteiger partial charge in [0.25, 0.3) is 0 Å². The number of aryl methyl sites for hydroxylation is 3. The summed E-state index contributed by atoms with van der Waals surface area (Å²) in [5, 5.41) is 11.5. The highest BCUT2D eigenvalue weighted by atomic mass is 16.3. The van der Waals surface area contributed by atoms with Crippen LogP contribution in [0.15, 0.2) is 18.2 Å². The molecule has 0 saturated carbocycles. The zero-order chi connectivity index (χ0) is 14.9. The van der Waals surface area contributed by atoms with Gasteiger partial charge in [0.1, 0.15) is 0 Å². The number of nitrogens with one attached hydrogen (secondary N) is 1. The molecule has 0 saturated heterocycles. The number of unbranched alkanes of at least 4 members (excludes halogenated alkanes) is 1. The second-order valence-corrected chi connectivity index (χ2v) is 5.94. The topological polar surface area (TPSA) is 49.3 Å². The summed E-state index contributed by atoms with van der Waals surface area (Å²) in [5.41, 5.74) is 4.49. The summed E-state index contributed by atoms with van der Waals surface area (Å²) in [6.07, 6.45) is 9.42. The van der Waals surface area contributed by atoms with Crippen LogP contribution in [0.1, 0.15) is 55.2 Å². The Labute approximate surface area is 127 Å². The average Bonchev–Trinajstić information content (AvgIpc) is 2.52. The minimum atomic E-state index is 0.105. The quantitative estimate of drug-likeness (QED) is 0.723. The Bertz CT molecular complexity index is 457. The van der Waals surface area contributed by atoms with Crippen LogP contribution in [0.2, 0.25) is 0 Å². The van der Waals surface area contributed by atoms with Gasteiger partial charge in [0.05, 0.1) is 0 Å². The molecule has 1 aromatic rings. The van der Waals surface area contributed by atoms with Crippen molar-refractivity contribution in [3.05, 3.63) is 34.9 Å². The van der Waals surface area contributed by atoms with Gasteiger partial charge in [-0.15, -0.1) is 0 Å². The number of hydrogen-bond acceptors (Lipinski definition) is 2. The van der Waals surface area contributed by atoms with Gasteiger partial charge in [0.2, 0.25) is 5.91 Å². The first-order chi connectivity index (χ1) is 10.3. The Morgan fingerprint density at radius 3 is 2.71 bits per heavy atom. The first-order valence-corrected chi connectivity index (χ1v) is 8.28. The van der Waals surface area contributed by atoms with Crippen molar-refractivity contribution in [3.8, 4) is 0 Å². The Kier molecular flexibility index (Phi) is 6.74. The van der Waals surface area contributed by atoms with Crippen molar-refractivity contribution in [1.82, 2.24) is 5.32 Å². The van der Waals surface area contributed by atoms with Crippen LogP contribution in [0, 0.1) is 0 Å². The Morgan fingerprint density at radius 1 is 1.10 bits per heavy atom. The molecule has 0 fully saturated rings. The summed E-state index contributed by atoms with van der Waals surface area (Å²) in [7, 11) is 0. The number of rotatable bonds is 8. The SMILES string of the molecule is O=C(CCCCc1ccc2c(c1)CCCC2)NCCCO. The van der Waals surface area contributed by atoms with E-state index in [9.17, 15) is 4.79 Å². The van der Waals surface area contributed by atoms with Crippen molar-refractivity contribution in [2.24, 2.45) is 0 Å². The van der Waals surface area contributed by atoms with E-state index in [1.165, 1.54) is 36.8 Å².